The molecule has 0 atom stereocenters. The van der Waals surface area contributed by atoms with E-state index in [1.165, 1.54) is 13.8 Å². The third-order valence-corrected chi connectivity index (χ3v) is 8.39. The van der Waals surface area contributed by atoms with Crippen LogP contribution < -0.4 is 8.61 Å². The van der Waals surface area contributed by atoms with Gasteiger partial charge in [-0.1, -0.05) is 12.1 Å². The maximum Gasteiger partial charge on any atom is 0.517 e. The first-order valence-corrected chi connectivity index (χ1v) is 13.4. The Bertz CT molecular complexity index is 1330. The van der Waals surface area contributed by atoms with E-state index in [1.54, 1.807) is 0 Å². The molecule has 18 heteroatoms. The van der Waals surface area contributed by atoms with Gasteiger partial charge in [0.2, 0.25) is 0 Å². The summed E-state index contributed by atoms with van der Waals surface area (Å²) in [7, 11) is -13.5. The number of hydrogen-bond donors (Lipinski definition) is 0. The molecule has 0 bridgehead atoms. The molecule has 0 saturated carbocycles. The summed E-state index contributed by atoms with van der Waals surface area (Å²) < 4.78 is 126. The molecule has 2 amide bonds. The van der Waals surface area contributed by atoms with Gasteiger partial charge in [-0.3, -0.25) is 9.59 Å². The number of sulfonamides is 2. The predicted octanol–water partition coefficient (Wildman–Crippen LogP) is 4.89. The highest BCUT2D eigenvalue weighted by Crippen LogP contribution is 2.39. The first-order valence-electron chi connectivity index (χ1n) is 8.98. The molecule has 0 N–H and O–H groups in total. The quantitative estimate of drug-likeness (QED) is 0.334. The second kappa shape index (κ2) is 9.94. The van der Waals surface area contributed by atoms with Crippen LogP contribution in [-0.4, -0.2) is 39.7 Å². The molecule has 0 aromatic heterocycles. The van der Waals surface area contributed by atoms with Crippen LogP contribution in [0.15, 0.2) is 45.3 Å². The standard InChI is InChI=1S/C18H12Br2F6N2O6S2/c1-9-3-5-13(11(19)7-9)27(35(31,32)17(21,22)23)15(29)16(30)28(36(33,34)18(24,25)26)14-6-4-10(2)8-12(14)20/h3-8H,1-2H3. The molecule has 2 aromatic rings. The van der Waals surface area contributed by atoms with E-state index in [4.69, 9.17) is 0 Å². The van der Waals surface area contributed by atoms with Crippen molar-refractivity contribution in [1.82, 2.24) is 0 Å². The Hall–Kier alpha value is -2.18. The van der Waals surface area contributed by atoms with Crippen molar-refractivity contribution >= 4 is 75.1 Å². The van der Waals surface area contributed by atoms with Gasteiger partial charge in [-0.2, -0.15) is 51.8 Å². The summed E-state index contributed by atoms with van der Waals surface area (Å²) in [5.41, 5.74) is -14.0. The van der Waals surface area contributed by atoms with Crippen LogP contribution in [0, 0.1) is 13.8 Å². The molecule has 0 aliphatic carbocycles. The molecule has 36 heavy (non-hydrogen) atoms. The average molecular weight is 690 g/mol. The van der Waals surface area contributed by atoms with E-state index in [1.807, 2.05) is 0 Å². The number of aryl methyl sites for hydroxylation is 2. The number of hydrogen-bond acceptors (Lipinski definition) is 6. The van der Waals surface area contributed by atoms with Crippen LogP contribution in [0.3, 0.4) is 0 Å². The number of anilines is 2. The number of carbonyl (C=O) groups is 2. The van der Waals surface area contributed by atoms with Crippen molar-refractivity contribution in [3.63, 3.8) is 0 Å². The first-order chi connectivity index (χ1) is 16.1. The summed E-state index contributed by atoms with van der Waals surface area (Å²) >= 11 is 5.48. The molecule has 0 radical (unpaired) electrons. The number of carbonyl (C=O) groups excluding carboxylic acids is 2. The largest absolute Gasteiger partial charge is 0.517 e. The summed E-state index contributed by atoms with van der Waals surface area (Å²) in [5.74, 6) is -5.51. The smallest absolute Gasteiger partial charge is 0.262 e. The van der Waals surface area contributed by atoms with E-state index in [0.717, 1.165) is 24.3 Å². The molecular formula is C18H12Br2F6N2O6S2. The van der Waals surface area contributed by atoms with Crippen molar-refractivity contribution < 1.29 is 52.8 Å². The summed E-state index contributed by atoms with van der Waals surface area (Å²) in [6, 6.07) is 5.51. The maximum absolute atomic E-state index is 13.4. The van der Waals surface area contributed by atoms with E-state index in [0.29, 0.717) is 23.3 Å². The lowest BCUT2D eigenvalue weighted by Crippen LogP contribution is -2.55. The van der Waals surface area contributed by atoms with Gasteiger partial charge in [0.1, 0.15) is 0 Å². The zero-order valence-electron chi connectivity index (χ0n) is 17.6. The minimum atomic E-state index is -6.77. The molecule has 8 nitrogen and oxygen atoms in total. The Morgan fingerprint density at radius 2 is 0.944 bits per heavy atom. The van der Waals surface area contributed by atoms with Crippen molar-refractivity contribution in [2.75, 3.05) is 8.61 Å². The van der Waals surface area contributed by atoms with Crippen molar-refractivity contribution in [1.29, 1.82) is 0 Å². The Kier molecular flexibility index (Phi) is 8.30. The number of rotatable bonds is 4. The molecular weight excluding hydrogens is 678 g/mol. The minimum Gasteiger partial charge on any atom is -0.262 e. The van der Waals surface area contributed by atoms with Gasteiger partial charge in [0, 0.05) is 8.95 Å². The predicted molar refractivity (Wildman–Crippen MR) is 123 cm³/mol. The molecule has 0 fully saturated rings. The normalized spacial score (nSPS) is 12.8. The minimum absolute atomic E-state index is 0.346. The first kappa shape index (κ1) is 30.0. The molecule has 2 aromatic carbocycles. The monoisotopic (exact) mass is 688 g/mol. The highest BCUT2D eigenvalue weighted by atomic mass is 79.9. The van der Waals surface area contributed by atoms with E-state index >= 15 is 0 Å². The Balaban J connectivity index is 2.89. The maximum atomic E-state index is 13.4. The van der Waals surface area contributed by atoms with Gasteiger partial charge in [-0.05, 0) is 81.1 Å². The highest BCUT2D eigenvalue weighted by molar-refractivity contribution is 9.11. The van der Waals surface area contributed by atoms with Gasteiger partial charge < -0.3 is 0 Å². The second-order valence-electron chi connectivity index (χ2n) is 6.95. The van der Waals surface area contributed by atoms with E-state index in [2.05, 4.69) is 31.9 Å². The van der Waals surface area contributed by atoms with Crippen LogP contribution in [-0.2, 0) is 29.6 Å². The lowest BCUT2D eigenvalue weighted by molar-refractivity contribution is -0.135. The van der Waals surface area contributed by atoms with E-state index in [-0.39, 0.29) is 0 Å². The number of amides is 2. The Morgan fingerprint density at radius 1 is 0.667 bits per heavy atom. The molecule has 0 aliphatic heterocycles. The van der Waals surface area contributed by atoms with Crippen LogP contribution in [0.1, 0.15) is 11.1 Å². The summed E-state index contributed by atoms with van der Waals surface area (Å²) in [6.07, 6.45) is 0. The Morgan fingerprint density at radius 3 is 1.17 bits per heavy atom. The molecule has 0 aliphatic rings. The topological polar surface area (TPSA) is 109 Å². The lowest BCUT2D eigenvalue weighted by atomic mass is 10.2. The van der Waals surface area contributed by atoms with Crippen LogP contribution in [0.2, 0.25) is 0 Å². The van der Waals surface area contributed by atoms with Gasteiger partial charge in [0.15, 0.2) is 0 Å². The second-order valence-corrected chi connectivity index (χ2v) is 12.2. The van der Waals surface area contributed by atoms with Crippen LogP contribution in [0.5, 0.6) is 0 Å². The summed E-state index contributed by atoms with van der Waals surface area (Å²) in [4.78, 5) is 25.9. The molecule has 0 saturated heterocycles. The van der Waals surface area contributed by atoms with Gasteiger partial charge in [-0.15, -0.1) is 0 Å². The zero-order valence-corrected chi connectivity index (χ0v) is 22.5. The third kappa shape index (κ3) is 5.55. The summed E-state index contributed by atoms with van der Waals surface area (Å²) in [5, 5.41) is 0. The lowest BCUT2D eigenvalue weighted by Gasteiger charge is -2.28. The molecule has 2 rings (SSSR count). The fourth-order valence-corrected chi connectivity index (χ4v) is 6.05. The van der Waals surface area contributed by atoms with E-state index < -0.39 is 71.8 Å². The highest BCUT2D eigenvalue weighted by Gasteiger charge is 2.58. The van der Waals surface area contributed by atoms with Crippen molar-refractivity contribution in [2.45, 2.75) is 24.9 Å². The van der Waals surface area contributed by atoms with Crippen LogP contribution in [0.4, 0.5) is 37.7 Å². The van der Waals surface area contributed by atoms with Gasteiger partial charge in [-0.25, -0.2) is 0 Å². The number of alkyl halides is 6. The van der Waals surface area contributed by atoms with E-state index in [9.17, 15) is 52.8 Å². The molecule has 198 valence electrons. The van der Waals surface area contributed by atoms with Gasteiger partial charge in [0.25, 0.3) is 0 Å². The SMILES string of the molecule is Cc1ccc(N(C(=O)C(=O)N(c2ccc(C)cc2Br)S(=O)(=O)C(F)(F)F)S(=O)(=O)C(F)(F)F)c(Br)c1. The zero-order chi connectivity index (χ0) is 28.0. The van der Waals surface area contributed by atoms with Gasteiger partial charge in [0.05, 0.1) is 11.4 Å². The third-order valence-electron chi connectivity index (χ3n) is 4.26. The molecule has 0 spiro atoms. The fraction of sp³-hybridized carbons (Fsp3) is 0.222. The number of nitrogens with zero attached hydrogens (tertiary/aromatic N) is 2. The molecule has 0 unspecified atom stereocenters. The van der Waals surface area contributed by atoms with Crippen LogP contribution in [0.25, 0.3) is 0 Å². The molecule has 0 heterocycles. The van der Waals surface area contributed by atoms with Crippen molar-refractivity contribution in [3.8, 4) is 0 Å². The Labute approximate surface area is 217 Å². The average Bonchev–Trinajstić information content (AvgIpc) is 2.69. The number of halogens is 8. The number of benzene rings is 2. The van der Waals surface area contributed by atoms with Crippen molar-refractivity contribution in [2.24, 2.45) is 0 Å². The van der Waals surface area contributed by atoms with Crippen molar-refractivity contribution in [3.05, 3.63) is 56.5 Å². The fourth-order valence-electron chi connectivity index (χ4n) is 2.63. The summed E-state index contributed by atoms with van der Waals surface area (Å²) in [6.45, 7) is 2.85. The van der Waals surface area contributed by atoms with Crippen LogP contribution >= 0.6 is 31.9 Å². The van der Waals surface area contributed by atoms with Gasteiger partial charge >= 0.3 is 42.9 Å².